The third kappa shape index (κ3) is 4.07. The molecule has 0 aliphatic heterocycles. The molecule has 0 spiro atoms. The summed E-state index contributed by atoms with van der Waals surface area (Å²) in [5, 5.41) is 2.40. The quantitative estimate of drug-likeness (QED) is 0.801. The van der Waals surface area contributed by atoms with E-state index in [4.69, 9.17) is 4.74 Å². The van der Waals surface area contributed by atoms with Crippen LogP contribution >= 0.6 is 0 Å². The smallest absolute Gasteiger partial charge is 0.407 e. The first-order chi connectivity index (χ1) is 7.95. The largest absolute Gasteiger partial charge is 0.449 e. The number of hydrogen-bond acceptors (Lipinski definition) is 2. The van der Waals surface area contributed by atoms with Crippen molar-refractivity contribution in [1.82, 2.24) is 5.32 Å². The minimum absolute atomic E-state index is 0.407. The van der Waals surface area contributed by atoms with Gasteiger partial charge in [-0.25, -0.2) is 18.0 Å². The van der Waals surface area contributed by atoms with Crippen LogP contribution in [0.4, 0.5) is 18.0 Å². The van der Waals surface area contributed by atoms with E-state index in [1.807, 2.05) is 6.92 Å². The zero-order valence-electron chi connectivity index (χ0n) is 11.6. The van der Waals surface area contributed by atoms with Gasteiger partial charge in [-0.15, -0.1) is 0 Å². The molecule has 0 aromatic heterocycles. The summed E-state index contributed by atoms with van der Waals surface area (Å²) in [5.74, 6) is -3.61. The lowest BCUT2D eigenvalue weighted by Crippen LogP contribution is -2.53. The molecule has 6 heteroatoms. The van der Waals surface area contributed by atoms with Gasteiger partial charge in [-0.05, 0) is 20.3 Å². The van der Waals surface area contributed by atoms with Gasteiger partial charge < -0.3 is 10.1 Å². The van der Waals surface area contributed by atoms with Crippen LogP contribution in [0.2, 0.25) is 0 Å². The van der Waals surface area contributed by atoms with E-state index in [0.29, 0.717) is 13.0 Å². The maximum absolute atomic E-state index is 13.8. The molecule has 0 saturated heterocycles. The Hall–Kier alpha value is -0.940. The standard InChI is InChI=1S/C12H22F3NO2/c1-6-7-16-9(17)18-8-10(2,3)12(14,15)11(4,5)13/h6-8H2,1-5H3,(H,16,17). The molecular weight excluding hydrogens is 247 g/mol. The average Bonchev–Trinajstić information content (AvgIpc) is 2.21. The first kappa shape index (κ1) is 17.1. The van der Waals surface area contributed by atoms with Gasteiger partial charge in [0.1, 0.15) is 6.61 Å². The van der Waals surface area contributed by atoms with Crippen LogP contribution in [0.15, 0.2) is 0 Å². The summed E-state index contributed by atoms with van der Waals surface area (Å²) in [4.78, 5) is 11.2. The lowest BCUT2D eigenvalue weighted by Gasteiger charge is -2.39. The Morgan fingerprint density at radius 1 is 1.17 bits per heavy atom. The van der Waals surface area contributed by atoms with Crippen molar-refractivity contribution in [2.24, 2.45) is 5.41 Å². The molecule has 0 fully saturated rings. The SMILES string of the molecule is CCCNC(=O)OCC(C)(C)C(F)(F)C(C)(C)F. The van der Waals surface area contributed by atoms with E-state index in [-0.39, 0.29) is 0 Å². The van der Waals surface area contributed by atoms with Crippen LogP contribution in [0.1, 0.15) is 41.0 Å². The first-order valence-corrected chi connectivity index (χ1v) is 5.93. The highest BCUT2D eigenvalue weighted by Crippen LogP contribution is 2.46. The summed E-state index contributed by atoms with van der Waals surface area (Å²) in [6, 6.07) is 0. The molecule has 0 bridgehead atoms. The van der Waals surface area contributed by atoms with Crippen LogP contribution in [0.25, 0.3) is 0 Å². The molecule has 0 atom stereocenters. The zero-order valence-corrected chi connectivity index (χ0v) is 11.6. The fourth-order valence-electron chi connectivity index (χ4n) is 1.42. The Kier molecular flexibility index (Phi) is 5.50. The number of alkyl carbamates (subject to hydrolysis) is 1. The number of hydrogen-bond donors (Lipinski definition) is 1. The predicted octanol–water partition coefficient (Wildman–Crippen LogP) is 3.53. The summed E-state index contributed by atoms with van der Waals surface area (Å²) < 4.78 is 45.8. The summed E-state index contributed by atoms with van der Waals surface area (Å²) >= 11 is 0. The fraction of sp³-hybridized carbons (Fsp3) is 0.917. The monoisotopic (exact) mass is 269 g/mol. The summed E-state index contributed by atoms with van der Waals surface area (Å²) in [6.07, 6.45) is -0.0519. The number of rotatable bonds is 6. The molecule has 0 aromatic carbocycles. The molecule has 0 radical (unpaired) electrons. The van der Waals surface area contributed by atoms with E-state index in [2.05, 4.69) is 5.32 Å². The summed E-state index contributed by atoms with van der Waals surface area (Å²) in [5.41, 5.74) is -4.46. The highest BCUT2D eigenvalue weighted by Gasteiger charge is 2.58. The molecule has 1 amide bonds. The fourth-order valence-corrected chi connectivity index (χ4v) is 1.42. The number of nitrogens with one attached hydrogen (secondary N) is 1. The van der Waals surface area contributed by atoms with Gasteiger partial charge in [-0.1, -0.05) is 20.8 Å². The van der Waals surface area contributed by atoms with Crippen LogP contribution in [0, 0.1) is 5.41 Å². The van der Waals surface area contributed by atoms with Crippen molar-refractivity contribution >= 4 is 6.09 Å². The van der Waals surface area contributed by atoms with Crippen LogP contribution in [0.3, 0.4) is 0 Å². The number of alkyl halides is 3. The molecule has 0 heterocycles. The molecule has 0 aliphatic carbocycles. The van der Waals surface area contributed by atoms with Gasteiger partial charge in [0.25, 0.3) is 5.92 Å². The van der Waals surface area contributed by atoms with E-state index in [0.717, 1.165) is 13.8 Å². The van der Waals surface area contributed by atoms with Gasteiger partial charge in [0, 0.05) is 6.54 Å². The van der Waals surface area contributed by atoms with Crippen molar-refractivity contribution in [3.63, 3.8) is 0 Å². The number of amides is 1. The Balaban J connectivity index is 4.53. The number of halogens is 3. The van der Waals surface area contributed by atoms with Crippen molar-refractivity contribution in [3.05, 3.63) is 0 Å². The van der Waals surface area contributed by atoms with Gasteiger partial charge in [0.2, 0.25) is 0 Å². The van der Waals surface area contributed by atoms with Gasteiger partial charge in [-0.2, -0.15) is 0 Å². The van der Waals surface area contributed by atoms with E-state index in [9.17, 15) is 18.0 Å². The third-order valence-electron chi connectivity index (χ3n) is 2.68. The van der Waals surface area contributed by atoms with Crippen LogP contribution in [0.5, 0.6) is 0 Å². The average molecular weight is 269 g/mol. The van der Waals surface area contributed by atoms with Crippen molar-refractivity contribution in [3.8, 4) is 0 Å². The van der Waals surface area contributed by atoms with E-state index in [1.54, 1.807) is 0 Å². The van der Waals surface area contributed by atoms with Gasteiger partial charge >= 0.3 is 6.09 Å². The second-order valence-electron chi connectivity index (χ2n) is 5.43. The Labute approximate surface area is 106 Å². The normalized spacial score (nSPS) is 13.3. The zero-order chi connectivity index (χ0) is 14.6. The topological polar surface area (TPSA) is 38.3 Å². The molecule has 0 unspecified atom stereocenters. The van der Waals surface area contributed by atoms with Crippen molar-refractivity contribution in [1.29, 1.82) is 0 Å². The molecule has 0 saturated carbocycles. The predicted molar refractivity (Wildman–Crippen MR) is 63.6 cm³/mol. The summed E-state index contributed by atoms with van der Waals surface area (Å²) in [6.45, 7) is 5.66. The molecule has 0 aliphatic rings. The molecule has 1 N–H and O–H groups in total. The Morgan fingerprint density at radius 2 is 1.67 bits per heavy atom. The van der Waals surface area contributed by atoms with E-state index >= 15 is 0 Å². The lowest BCUT2D eigenvalue weighted by molar-refractivity contribution is -0.204. The van der Waals surface area contributed by atoms with E-state index < -0.39 is 29.7 Å². The highest BCUT2D eigenvalue weighted by molar-refractivity contribution is 5.67. The Morgan fingerprint density at radius 3 is 2.06 bits per heavy atom. The third-order valence-corrected chi connectivity index (χ3v) is 2.68. The van der Waals surface area contributed by atoms with Gasteiger partial charge in [0.05, 0.1) is 5.41 Å². The van der Waals surface area contributed by atoms with Crippen LogP contribution in [-0.4, -0.2) is 30.8 Å². The number of carbonyl (C=O) groups excluding carboxylic acids is 1. The molecule has 3 nitrogen and oxygen atoms in total. The maximum atomic E-state index is 13.8. The molecule has 0 rings (SSSR count). The van der Waals surface area contributed by atoms with Crippen molar-refractivity contribution in [2.45, 2.75) is 52.6 Å². The number of carbonyl (C=O) groups is 1. The molecule has 108 valence electrons. The number of ether oxygens (including phenoxy) is 1. The summed E-state index contributed by atoms with van der Waals surface area (Å²) in [7, 11) is 0. The minimum atomic E-state index is -3.61. The van der Waals surface area contributed by atoms with Crippen molar-refractivity contribution < 1.29 is 22.7 Å². The first-order valence-electron chi connectivity index (χ1n) is 5.93. The maximum Gasteiger partial charge on any atom is 0.407 e. The lowest BCUT2D eigenvalue weighted by atomic mass is 9.79. The highest BCUT2D eigenvalue weighted by atomic mass is 19.3. The molecule has 18 heavy (non-hydrogen) atoms. The van der Waals surface area contributed by atoms with Crippen LogP contribution < -0.4 is 5.32 Å². The minimum Gasteiger partial charge on any atom is -0.449 e. The van der Waals surface area contributed by atoms with Crippen LogP contribution in [-0.2, 0) is 4.74 Å². The second-order valence-corrected chi connectivity index (χ2v) is 5.43. The molecule has 0 aromatic rings. The van der Waals surface area contributed by atoms with E-state index in [1.165, 1.54) is 13.8 Å². The molecular formula is C12H22F3NO2. The van der Waals surface area contributed by atoms with Crippen molar-refractivity contribution in [2.75, 3.05) is 13.2 Å². The Bertz CT molecular complexity index is 286. The van der Waals surface area contributed by atoms with Gasteiger partial charge in [-0.3, -0.25) is 0 Å². The van der Waals surface area contributed by atoms with Gasteiger partial charge in [0.15, 0.2) is 5.67 Å². The second kappa shape index (κ2) is 5.80.